The van der Waals surface area contributed by atoms with Gasteiger partial charge in [-0.25, -0.2) is 0 Å². The molecule has 0 aliphatic heterocycles. The van der Waals surface area contributed by atoms with E-state index in [0.717, 1.165) is 33.4 Å². The number of hydrogen-bond donors (Lipinski definition) is 0. The van der Waals surface area contributed by atoms with Crippen LogP contribution in [0.4, 0.5) is 0 Å². The van der Waals surface area contributed by atoms with Gasteiger partial charge in [0.05, 0.1) is 0 Å². The molecule has 0 amide bonds. The van der Waals surface area contributed by atoms with Crippen molar-refractivity contribution in [2.75, 3.05) is 0 Å². The van der Waals surface area contributed by atoms with Crippen molar-refractivity contribution in [2.24, 2.45) is 0 Å². The molecule has 4 heteroatoms. The molecule has 0 saturated heterocycles. The number of aryl methyl sites for hydroxylation is 3. The van der Waals surface area contributed by atoms with Crippen LogP contribution in [0.3, 0.4) is 0 Å². The predicted octanol–water partition coefficient (Wildman–Crippen LogP) is 11.4. The zero-order valence-electron chi connectivity index (χ0n) is 24.5. The summed E-state index contributed by atoms with van der Waals surface area (Å²) in [6.45, 7) is 6.26. The van der Waals surface area contributed by atoms with Crippen molar-refractivity contribution >= 4 is 8.60 Å². The Morgan fingerprint density at radius 2 is 0.581 bits per heavy atom. The SMILES string of the molecule is Cc1ccc(-c2ccccc2OP(Oc2ccccc2-c2ccc(C)cc2)Oc2ccccc2-c2ccc(C)cc2)cc1. The first kappa shape index (κ1) is 28.3. The molecule has 0 fully saturated rings. The largest absolute Gasteiger partial charge is 0.530 e. The number of rotatable bonds is 9. The van der Waals surface area contributed by atoms with Crippen LogP contribution in [0, 0.1) is 20.8 Å². The van der Waals surface area contributed by atoms with E-state index < -0.39 is 8.60 Å². The molecule has 0 N–H and O–H groups in total. The van der Waals surface area contributed by atoms with Crippen molar-refractivity contribution in [1.29, 1.82) is 0 Å². The molecule has 0 heterocycles. The van der Waals surface area contributed by atoms with Gasteiger partial charge in [0.25, 0.3) is 0 Å². The Kier molecular flexibility index (Phi) is 8.54. The molecule has 6 rings (SSSR count). The van der Waals surface area contributed by atoms with Crippen molar-refractivity contribution in [3.05, 3.63) is 162 Å². The summed E-state index contributed by atoms with van der Waals surface area (Å²) < 4.78 is 20.0. The van der Waals surface area contributed by atoms with Gasteiger partial charge in [0.15, 0.2) is 0 Å². The molecule has 3 nitrogen and oxygen atoms in total. The molecule has 0 bridgehead atoms. The van der Waals surface area contributed by atoms with Gasteiger partial charge in [0.2, 0.25) is 0 Å². The van der Waals surface area contributed by atoms with Crippen LogP contribution in [-0.2, 0) is 0 Å². The third-order valence-corrected chi connectivity index (χ3v) is 8.30. The van der Waals surface area contributed by atoms with Crippen molar-refractivity contribution in [3.63, 3.8) is 0 Å². The summed E-state index contributed by atoms with van der Waals surface area (Å²) in [6.07, 6.45) is 0. The maximum atomic E-state index is 6.68. The summed E-state index contributed by atoms with van der Waals surface area (Å²) in [7, 11) is -1.93. The molecule has 0 unspecified atom stereocenters. The summed E-state index contributed by atoms with van der Waals surface area (Å²) in [5, 5.41) is 0. The number of para-hydroxylation sites is 3. The van der Waals surface area contributed by atoms with Gasteiger partial charge in [0.1, 0.15) is 17.2 Å². The highest BCUT2D eigenvalue weighted by atomic mass is 31.2. The Bertz CT molecular complexity index is 1590. The molecule has 0 saturated carbocycles. The van der Waals surface area contributed by atoms with Gasteiger partial charge in [-0.05, 0) is 55.7 Å². The molecular weight excluding hydrogens is 547 g/mol. The topological polar surface area (TPSA) is 27.7 Å². The second kappa shape index (κ2) is 13.0. The summed E-state index contributed by atoms with van der Waals surface area (Å²) in [5.41, 5.74) is 9.73. The molecule has 0 aliphatic carbocycles. The maximum absolute atomic E-state index is 6.68. The Morgan fingerprint density at radius 1 is 0.326 bits per heavy atom. The molecule has 0 aromatic heterocycles. The van der Waals surface area contributed by atoms with E-state index in [1.165, 1.54) is 16.7 Å². The lowest BCUT2D eigenvalue weighted by Gasteiger charge is -2.22. The molecule has 6 aromatic carbocycles. The van der Waals surface area contributed by atoms with Crippen LogP contribution in [0.25, 0.3) is 33.4 Å². The fourth-order valence-corrected chi connectivity index (χ4v) is 5.92. The second-order valence-electron chi connectivity index (χ2n) is 10.6. The van der Waals surface area contributed by atoms with E-state index in [1.54, 1.807) is 0 Å². The summed E-state index contributed by atoms with van der Waals surface area (Å²) in [6, 6.07) is 49.4. The Morgan fingerprint density at radius 3 is 0.860 bits per heavy atom. The van der Waals surface area contributed by atoms with Gasteiger partial charge >= 0.3 is 8.60 Å². The standard InChI is InChI=1S/C39H33O3P/c1-28-16-22-31(23-17-28)34-10-4-7-13-37(34)40-43(41-38-14-8-5-11-35(38)32-24-18-29(2)19-25-32)42-39-15-9-6-12-36(39)33-26-20-30(3)21-27-33/h4-27H,1-3H3. The van der Waals surface area contributed by atoms with E-state index in [9.17, 15) is 0 Å². The Labute approximate surface area is 255 Å². The first-order valence-electron chi connectivity index (χ1n) is 14.4. The second-order valence-corrected chi connectivity index (χ2v) is 11.6. The highest BCUT2D eigenvalue weighted by Gasteiger charge is 2.25. The average Bonchev–Trinajstić information content (AvgIpc) is 3.03. The van der Waals surface area contributed by atoms with E-state index in [-0.39, 0.29) is 0 Å². The molecule has 43 heavy (non-hydrogen) atoms. The van der Waals surface area contributed by atoms with Crippen LogP contribution in [0.2, 0.25) is 0 Å². The zero-order valence-corrected chi connectivity index (χ0v) is 25.4. The third kappa shape index (κ3) is 6.80. The van der Waals surface area contributed by atoms with Gasteiger partial charge in [-0.15, -0.1) is 0 Å². The molecule has 0 atom stereocenters. The first-order valence-corrected chi connectivity index (χ1v) is 15.5. The molecule has 6 aromatic rings. The van der Waals surface area contributed by atoms with E-state index in [4.69, 9.17) is 13.6 Å². The van der Waals surface area contributed by atoms with E-state index >= 15 is 0 Å². The lowest BCUT2D eigenvalue weighted by atomic mass is 10.0. The molecule has 0 aliphatic rings. The summed E-state index contributed by atoms with van der Waals surface area (Å²) in [4.78, 5) is 0. The van der Waals surface area contributed by atoms with Crippen molar-refractivity contribution in [3.8, 4) is 50.6 Å². The average molecular weight is 581 g/mol. The maximum Gasteiger partial charge on any atom is 0.530 e. The summed E-state index contributed by atoms with van der Waals surface area (Å²) in [5.74, 6) is 2.08. The van der Waals surface area contributed by atoms with Crippen LogP contribution < -0.4 is 13.6 Å². The fourth-order valence-electron chi connectivity index (χ4n) is 4.85. The van der Waals surface area contributed by atoms with E-state index in [1.807, 2.05) is 54.6 Å². The quantitative estimate of drug-likeness (QED) is 0.159. The van der Waals surface area contributed by atoms with Gasteiger partial charge in [-0.3, -0.25) is 0 Å². The van der Waals surface area contributed by atoms with Crippen LogP contribution in [0.5, 0.6) is 17.2 Å². The van der Waals surface area contributed by atoms with Gasteiger partial charge in [-0.2, -0.15) is 0 Å². The van der Waals surface area contributed by atoms with E-state index in [0.29, 0.717) is 17.2 Å². The monoisotopic (exact) mass is 580 g/mol. The van der Waals surface area contributed by atoms with Gasteiger partial charge in [-0.1, -0.05) is 144 Å². The predicted molar refractivity (Wildman–Crippen MR) is 179 cm³/mol. The fraction of sp³-hybridized carbons (Fsp3) is 0.0769. The number of hydrogen-bond acceptors (Lipinski definition) is 3. The van der Waals surface area contributed by atoms with Crippen molar-refractivity contribution in [1.82, 2.24) is 0 Å². The lowest BCUT2D eigenvalue weighted by molar-refractivity contribution is 0.390. The lowest BCUT2D eigenvalue weighted by Crippen LogP contribution is -2.04. The minimum Gasteiger partial charge on any atom is -0.408 e. The minimum atomic E-state index is -1.93. The Balaban J connectivity index is 1.40. The molecule has 0 spiro atoms. The smallest absolute Gasteiger partial charge is 0.408 e. The van der Waals surface area contributed by atoms with Gasteiger partial charge in [0, 0.05) is 16.7 Å². The first-order chi connectivity index (χ1) is 21.0. The van der Waals surface area contributed by atoms with E-state index in [2.05, 4.69) is 112 Å². The minimum absolute atomic E-state index is 0.693. The normalized spacial score (nSPS) is 10.9. The highest BCUT2D eigenvalue weighted by molar-refractivity contribution is 7.43. The van der Waals surface area contributed by atoms with Crippen LogP contribution in [-0.4, -0.2) is 0 Å². The zero-order chi connectivity index (χ0) is 29.6. The summed E-state index contributed by atoms with van der Waals surface area (Å²) >= 11 is 0. The highest BCUT2D eigenvalue weighted by Crippen LogP contribution is 2.48. The molecular formula is C39H33O3P. The van der Waals surface area contributed by atoms with Crippen LogP contribution >= 0.6 is 8.60 Å². The van der Waals surface area contributed by atoms with Crippen LogP contribution in [0.15, 0.2) is 146 Å². The van der Waals surface area contributed by atoms with Crippen LogP contribution in [0.1, 0.15) is 16.7 Å². The number of benzene rings is 6. The van der Waals surface area contributed by atoms with Crippen molar-refractivity contribution in [2.45, 2.75) is 20.8 Å². The van der Waals surface area contributed by atoms with Gasteiger partial charge < -0.3 is 13.6 Å². The Hall–Kier alpha value is -4.85. The molecule has 212 valence electrons. The molecule has 0 radical (unpaired) electrons. The third-order valence-electron chi connectivity index (χ3n) is 7.27. The van der Waals surface area contributed by atoms with Crippen molar-refractivity contribution < 1.29 is 13.6 Å².